The highest BCUT2D eigenvalue weighted by atomic mass is 35.5. The third kappa shape index (κ3) is 5.14. The molecule has 1 aromatic heterocycles. The molecule has 1 aromatic rings. The first kappa shape index (κ1) is 18.7. The van der Waals surface area contributed by atoms with Crippen LogP contribution in [0.1, 0.15) is 38.7 Å². The highest BCUT2D eigenvalue weighted by molar-refractivity contribution is 5.85. The van der Waals surface area contributed by atoms with Crippen LogP contribution in [-0.2, 0) is 11.3 Å². The van der Waals surface area contributed by atoms with Crippen molar-refractivity contribution in [3.8, 4) is 0 Å². The Balaban J connectivity index is 0.00000242. The van der Waals surface area contributed by atoms with Gasteiger partial charge in [-0.15, -0.1) is 12.4 Å². The normalized spacial score (nSPS) is 16.1. The lowest BCUT2D eigenvalue weighted by Gasteiger charge is -2.28. The molecule has 0 spiro atoms. The summed E-state index contributed by atoms with van der Waals surface area (Å²) >= 11 is 0. The van der Waals surface area contributed by atoms with Crippen LogP contribution in [0.3, 0.4) is 0 Å². The molecular weight excluding hydrogens is 300 g/mol. The molecule has 6 heteroatoms. The summed E-state index contributed by atoms with van der Waals surface area (Å²) in [6.07, 6.45) is 5.57. The maximum absolute atomic E-state index is 11.9. The van der Waals surface area contributed by atoms with Gasteiger partial charge in [0.1, 0.15) is 5.82 Å². The quantitative estimate of drug-likeness (QED) is 0.869. The van der Waals surface area contributed by atoms with Crippen molar-refractivity contribution in [1.29, 1.82) is 0 Å². The molecule has 1 amide bonds. The van der Waals surface area contributed by atoms with Gasteiger partial charge in [0.25, 0.3) is 0 Å². The van der Waals surface area contributed by atoms with Crippen LogP contribution >= 0.6 is 12.4 Å². The average molecular weight is 327 g/mol. The third-order valence-electron chi connectivity index (χ3n) is 3.98. The Hall–Kier alpha value is -1.33. The summed E-state index contributed by atoms with van der Waals surface area (Å²) in [5.74, 6) is 1.06. The van der Waals surface area contributed by atoms with E-state index in [0.717, 1.165) is 24.5 Å². The second-order valence-corrected chi connectivity index (χ2v) is 6.06. The van der Waals surface area contributed by atoms with E-state index in [0.29, 0.717) is 6.54 Å². The number of aromatic nitrogens is 1. The Bertz CT molecular complexity index is 475. The minimum absolute atomic E-state index is 0. The van der Waals surface area contributed by atoms with E-state index in [4.69, 9.17) is 5.73 Å². The first-order valence-corrected chi connectivity index (χ1v) is 7.81. The van der Waals surface area contributed by atoms with Gasteiger partial charge >= 0.3 is 0 Å². The summed E-state index contributed by atoms with van der Waals surface area (Å²) in [6.45, 7) is 6.54. The van der Waals surface area contributed by atoms with Gasteiger partial charge in [-0.2, -0.15) is 0 Å². The van der Waals surface area contributed by atoms with Gasteiger partial charge in [0.05, 0.1) is 6.04 Å². The molecule has 3 N–H and O–H groups in total. The van der Waals surface area contributed by atoms with E-state index in [2.05, 4.69) is 21.3 Å². The maximum atomic E-state index is 11.9. The Kier molecular flexibility index (Phi) is 7.62. The molecule has 1 aliphatic rings. The molecule has 5 nitrogen and oxygen atoms in total. The number of rotatable bonds is 5. The summed E-state index contributed by atoms with van der Waals surface area (Å²) in [7, 11) is 0. The molecule has 1 aliphatic heterocycles. The van der Waals surface area contributed by atoms with Crippen LogP contribution in [0.25, 0.3) is 0 Å². The minimum atomic E-state index is -0.451. The molecule has 0 aromatic carbocycles. The number of anilines is 1. The van der Waals surface area contributed by atoms with E-state index in [1.54, 1.807) is 0 Å². The standard InChI is InChI=1S/C16H26N4O.ClH/c1-12(2)15(17)16(21)19-11-13-6-7-18-14(10-13)20-8-4-3-5-9-20;/h6-7,10,12,15H,3-5,8-9,11,17H2,1-2H3,(H,19,21);1H/t15-;/m0./s1. The fourth-order valence-corrected chi connectivity index (χ4v) is 2.48. The molecule has 1 atom stereocenters. The van der Waals surface area contributed by atoms with Crippen LogP contribution in [0.2, 0.25) is 0 Å². The van der Waals surface area contributed by atoms with Gasteiger partial charge in [0, 0.05) is 25.8 Å². The second-order valence-electron chi connectivity index (χ2n) is 6.06. The third-order valence-corrected chi connectivity index (χ3v) is 3.98. The van der Waals surface area contributed by atoms with E-state index in [-0.39, 0.29) is 24.2 Å². The maximum Gasteiger partial charge on any atom is 0.237 e. The molecule has 2 rings (SSSR count). The van der Waals surface area contributed by atoms with Crippen LogP contribution < -0.4 is 16.0 Å². The highest BCUT2D eigenvalue weighted by Gasteiger charge is 2.17. The summed E-state index contributed by atoms with van der Waals surface area (Å²) in [6, 6.07) is 3.55. The molecular formula is C16H27ClN4O. The zero-order chi connectivity index (χ0) is 15.2. The number of carbonyl (C=O) groups excluding carboxylic acids is 1. The van der Waals surface area contributed by atoms with Gasteiger partial charge in [0.2, 0.25) is 5.91 Å². The summed E-state index contributed by atoms with van der Waals surface area (Å²) in [5.41, 5.74) is 6.90. The molecule has 0 unspecified atom stereocenters. The van der Waals surface area contributed by atoms with Crippen LogP contribution in [0.5, 0.6) is 0 Å². The predicted molar refractivity (Wildman–Crippen MR) is 92.2 cm³/mol. The number of piperidine rings is 1. The summed E-state index contributed by atoms with van der Waals surface area (Å²) < 4.78 is 0. The fraction of sp³-hybridized carbons (Fsp3) is 0.625. The van der Waals surface area contributed by atoms with Crippen molar-refractivity contribution >= 4 is 24.1 Å². The fourth-order valence-electron chi connectivity index (χ4n) is 2.48. The lowest BCUT2D eigenvalue weighted by atomic mass is 10.0. The van der Waals surface area contributed by atoms with E-state index >= 15 is 0 Å². The van der Waals surface area contributed by atoms with Crippen molar-refractivity contribution in [1.82, 2.24) is 10.3 Å². The molecule has 0 bridgehead atoms. The molecule has 2 heterocycles. The largest absolute Gasteiger partial charge is 0.357 e. The SMILES string of the molecule is CC(C)[C@H](N)C(=O)NCc1ccnc(N2CCCCC2)c1.Cl. The Morgan fingerprint density at radius 3 is 2.68 bits per heavy atom. The molecule has 0 aliphatic carbocycles. The number of nitrogens with one attached hydrogen (secondary N) is 1. The van der Waals surface area contributed by atoms with Crippen molar-refractivity contribution < 1.29 is 4.79 Å². The minimum Gasteiger partial charge on any atom is -0.357 e. The molecule has 1 saturated heterocycles. The number of hydrogen-bond donors (Lipinski definition) is 2. The van der Waals surface area contributed by atoms with Gasteiger partial charge in [-0.05, 0) is 42.9 Å². The Labute approximate surface area is 139 Å². The molecule has 0 saturated carbocycles. The predicted octanol–water partition coefficient (Wildman–Crippen LogP) is 2.09. The van der Waals surface area contributed by atoms with Crippen molar-refractivity contribution in [3.63, 3.8) is 0 Å². The van der Waals surface area contributed by atoms with E-state index < -0.39 is 6.04 Å². The summed E-state index contributed by atoms with van der Waals surface area (Å²) in [4.78, 5) is 18.6. The van der Waals surface area contributed by atoms with E-state index in [1.165, 1.54) is 19.3 Å². The van der Waals surface area contributed by atoms with Crippen molar-refractivity contribution in [2.24, 2.45) is 11.7 Å². The zero-order valence-electron chi connectivity index (χ0n) is 13.4. The number of amides is 1. The number of nitrogens with two attached hydrogens (primary N) is 1. The zero-order valence-corrected chi connectivity index (χ0v) is 14.2. The van der Waals surface area contributed by atoms with Gasteiger partial charge < -0.3 is 16.0 Å². The lowest BCUT2D eigenvalue weighted by Crippen LogP contribution is -2.43. The smallest absolute Gasteiger partial charge is 0.237 e. The van der Waals surface area contributed by atoms with E-state index in [1.807, 2.05) is 26.1 Å². The molecule has 22 heavy (non-hydrogen) atoms. The molecule has 0 radical (unpaired) electrons. The lowest BCUT2D eigenvalue weighted by molar-refractivity contribution is -0.123. The van der Waals surface area contributed by atoms with Gasteiger partial charge in [-0.3, -0.25) is 4.79 Å². The molecule has 1 fully saturated rings. The number of pyridine rings is 1. The Morgan fingerprint density at radius 2 is 2.05 bits per heavy atom. The first-order chi connectivity index (χ1) is 10.1. The monoisotopic (exact) mass is 326 g/mol. The van der Waals surface area contributed by atoms with Crippen LogP contribution in [-0.4, -0.2) is 30.0 Å². The summed E-state index contributed by atoms with van der Waals surface area (Å²) in [5, 5.41) is 2.90. The van der Waals surface area contributed by atoms with Crippen molar-refractivity contribution in [3.05, 3.63) is 23.9 Å². The number of nitrogens with zero attached hydrogens (tertiary/aromatic N) is 2. The highest BCUT2D eigenvalue weighted by Crippen LogP contribution is 2.18. The Morgan fingerprint density at radius 1 is 1.36 bits per heavy atom. The van der Waals surface area contributed by atoms with Crippen LogP contribution in [0.15, 0.2) is 18.3 Å². The first-order valence-electron chi connectivity index (χ1n) is 7.81. The van der Waals surface area contributed by atoms with E-state index in [9.17, 15) is 4.79 Å². The van der Waals surface area contributed by atoms with Gasteiger partial charge in [-0.25, -0.2) is 4.98 Å². The average Bonchev–Trinajstić information content (AvgIpc) is 2.53. The van der Waals surface area contributed by atoms with Crippen molar-refractivity contribution in [2.45, 2.75) is 45.7 Å². The van der Waals surface area contributed by atoms with Crippen molar-refractivity contribution in [2.75, 3.05) is 18.0 Å². The van der Waals surface area contributed by atoms with Gasteiger partial charge in [0.15, 0.2) is 0 Å². The number of halogens is 1. The second kappa shape index (κ2) is 8.96. The molecule has 124 valence electrons. The number of carbonyl (C=O) groups is 1. The van der Waals surface area contributed by atoms with Crippen LogP contribution in [0, 0.1) is 5.92 Å². The van der Waals surface area contributed by atoms with Crippen LogP contribution in [0.4, 0.5) is 5.82 Å². The topological polar surface area (TPSA) is 71.2 Å². The van der Waals surface area contributed by atoms with Gasteiger partial charge in [-0.1, -0.05) is 13.8 Å². The number of hydrogen-bond acceptors (Lipinski definition) is 4.